The lowest BCUT2D eigenvalue weighted by Crippen LogP contribution is -2.29. The molecule has 0 radical (unpaired) electrons. The van der Waals surface area contributed by atoms with E-state index in [-0.39, 0.29) is 12.5 Å². The third kappa shape index (κ3) is 2.99. The van der Waals surface area contributed by atoms with E-state index in [9.17, 15) is 8.42 Å². The molecule has 19 heavy (non-hydrogen) atoms. The first kappa shape index (κ1) is 14.5. The number of nitrogens with zero attached hydrogens (tertiary/aromatic N) is 1. The van der Waals surface area contributed by atoms with Crippen LogP contribution >= 0.6 is 0 Å². The second kappa shape index (κ2) is 5.61. The van der Waals surface area contributed by atoms with E-state index in [4.69, 9.17) is 5.11 Å². The lowest BCUT2D eigenvalue weighted by atomic mass is 10.1. The number of benzene rings is 1. The molecule has 2 rings (SSSR count). The van der Waals surface area contributed by atoms with Crippen LogP contribution in [-0.2, 0) is 10.0 Å². The van der Waals surface area contributed by atoms with Crippen molar-refractivity contribution in [3.63, 3.8) is 0 Å². The molecule has 1 aromatic rings. The normalized spacial score (nSPS) is 20.9. The minimum atomic E-state index is -3.39. The van der Waals surface area contributed by atoms with Gasteiger partial charge < -0.3 is 5.11 Å². The average Bonchev–Trinajstić information content (AvgIpc) is 2.78. The molecule has 5 heteroatoms. The SMILES string of the molecule is Cc1ccc(S(=O)(=O)N2CCC(CCO)C2)c(C)c1. The molecule has 0 aromatic heterocycles. The summed E-state index contributed by atoms with van der Waals surface area (Å²) in [5.41, 5.74) is 1.86. The molecule has 1 saturated heterocycles. The van der Waals surface area contributed by atoms with Crippen LogP contribution in [0.2, 0.25) is 0 Å². The van der Waals surface area contributed by atoms with Crippen LogP contribution in [0.4, 0.5) is 0 Å². The molecule has 0 spiro atoms. The smallest absolute Gasteiger partial charge is 0.243 e. The lowest BCUT2D eigenvalue weighted by molar-refractivity contribution is 0.259. The highest BCUT2D eigenvalue weighted by molar-refractivity contribution is 7.89. The van der Waals surface area contributed by atoms with Crippen molar-refractivity contribution in [3.8, 4) is 0 Å². The molecular weight excluding hydrogens is 262 g/mol. The van der Waals surface area contributed by atoms with Crippen molar-refractivity contribution < 1.29 is 13.5 Å². The summed E-state index contributed by atoms with van der Waals surface area (Å²) in [6.07, 6.45) is 1.52. The van der Waals surface area contributed by atoms with E-state index in [0.717, 1.165) is 17.5 Å². The molecule has 0 bridgehead atoms. The zero-order chi connectivity index (χ0) is 14.0. The highest BCUT2D eigenvalue weighted by Crippen LogP contribution is 2.27. The summed E-state index contributed by atoms with van der Waals surface area (Å²) < 4.78 is 26.7. The summed E-state index contributed by atoms with van der Waals surface area (Å²) >= 11 is 0. The van der Waals surface area contributed by atoms with Gasteiger partial charge in [-0.25, -0.2) is 8.42 Å². The van der Waals surface area contributed by atoms with Crippen LogP contribution in [0.5, 0.6) is 0 Å². The zero-order valence-corrected chi connectivity index (χ0v) is 12.3. The van der Waals surface area contributed by atoms with Gasteiger partial charge in [0.05, 0.1) is 4.90 Å². The van der Waals surface area contributed by atoms with Gasteiger partial charge in [0.1, 0.15) is 0 Å². The molecule has 106 valence electrons. The van der Waals surface area contributed by atoms with Gasteiger partial charge >= 0.3 is 0 Å². The van der Waals surface area contributed by atoms with Gasteiger partial charge in [-0.3, -0.25) is 0 Å². The number of sulfonamides is 1. The van der Waals surface area contributed by atoms with Crippen molar-refractivity contribution in [2.45, 2.75) is 31.6 Å². The predicted octanol–water partition coefficient (Wildman–Crippen LogP) is 1.70. The monoisotopic (exact) mass is 283 g/mol. The molecule has 0 saturated carbocycles. The number of hydrogen-bond acceptors (Lipinski definition) is 3. The van der Waals surface area contributed by atoms with Crippen molar-refractivity contribution in [3.05, 3.63) is 29.3 Å². The molecule has 1 aliphatic rings. The second-order valence-electron chi connectivity index (χ2n) is 5.30. The van der Waals surface area contributed by atoms with Gasteiger partial charge in [-0.1, -0.05) is 17.7 Å². The molecule has 1 fully saturated rings. The number of aryl methyl sites for hydroxylation is 2. The van der Waals surface area contributed by atoms with Crippen molar-refractivity contribution >= 4 is 10.0 Å². The molecule has 1 aliphatic heterocycles. The third-order valence-corrected chi connectivity index (χ3v) is 5.76. The van der Waals surface area contributed by atoms with Crippen LogP contribution < -0.4 is 0 Å². The topological polar surface area (TPSA) is 57.6 Å². The van der Waals surface area contributed by atoms with Crippen molar-refractivity contribution in [2.24, 2.45) is 5.92 Å². The molecular formula is C14H21NO3S. The fourth-order valence-electron chi connectivity index (χ4n) is 2.66. The summed E-state index contributed by atoms with van der Waals surface area (Å²) in [5.74, 6) is 0.283. The number of rotatable bonds is 4. The fraction of sp³-hybridized carbons (Fsp3) is 0.571. The van der Waals surface area contributed by atoms with Gasteiger partial charge in [0.15, 0.2) is 0 Å². The molecule has 4 nitrogen and oxygen atoms in total. The van der Waals surface area contributed by atoms with E-state index in [1.54, 1.807) is 10.4 Å². The Kier molecular flexibility index (Phi) is 4.28. The van der Waals surface area contributed by atoms with Gasteiger partial charge in [0, 0.05) is 19.7 Å². The number of aliphatic hydroxyl groups is 1. The molecule has 1 aromatic carbocycles. The predicted molar refractivity (Wildman–Crippen MR) is 74.5 cm³/mol. The van der Waals surface area contributed by atoms with Gasteiger partial charge in [-0.2, -0.15) is 4.31 Å². The Labute approximate surface area is 115 Å². The Balaban J connectivity index is 2.23. The van der Waals surface area contributed by atoms with Crippen LogP contribution in [0.15, 0.2) is 23.1 Å². The Hall–Kier alpha value is -0.910. The third-order valence-electron chi connectivity index (χ3n) is 3.73. The highest BCUT2D eigenvalue weighted by atomic mass is 32.2. The van der Waals surface area contributed by atoms with Crippen molar-refractivity contribution in [1.82, 2.24) is 4.31 Å². The minimum absolute atomic E-state index is 0.127. The van der Waals surface area contributed by atoms with E-state index in [0.29, 0.717) is 24.4 Å². The number of aliphatic hydroxyl groups excluding tert-OH is 1. The maximum atomic E-state index is 12.6. The van der Waals surface area contributed by atoms with E-state index in [1.807, 2.05) is 26.0 Å². The number of hydrogen-bond donors (Lipinski definition) is 1. The second-order valence-corrected chi connectivity index (χ2v) is 7.21. The molecule has 0 amide bonds. The van der Waals surface area contributed by atoms with E-state index in [1.165, 1.54) is 0 Å². The first-order chi connectivity index (χ1) is 8.95. The van der Waals surface area contributed by atoms with Crippen LogP contribution in [0.25, 0.3) is 0 Å². The van der Waals surface area contributed by atoms with Crippen LogP contribution in [0, 0.1) is 19.8 Å². The summed E-state index contributed by atoms with van der Waals surface area (Å²) in [6, 6.07) is 5.43. The molecule has 1 N–H and O–H groups in total. The van der Waals surface area contributed by atoms with Crippen molar-refractivity contribution in [1.29, 1.82) is 0 Å². The van der Waals surface area contributed by atoms with E-state index < -0.39 is 10.0 Å². The summed E-state index contributed by atoms with van der Waals surface area (Å²) in [5, 5.41) is 8.94. The van der Waals surface area contributed by atoms with Gasteiger partial charge in [-0.05, 0) is 44.2 Å². The quantitative estimate of drug-likeness (QED) is 0.915. The Bertz CT molecular complexity index is 554. The van der Waals surface area contributed by atoms with Gasteiger partial charge in [0.25, 0.3) is 0 Å². The maximum absolute atomic E-state index is 12.6. The first-order valence-electron chi connectivity index (χ1n) is 6.63. The molecule has 0 aliphatic carbocycles. The maximum Gasteiger partial charge on any atom is 0.243 e. The molecule has 1 heterocycles. The van der Waals surface area contributed by atoms with Crippen LogP contribution in [-0.4, -0.2) is 37.5 Å². The minimum Gasteiger partial charge on any atom is -0.396 e. The standard InChI is InChI=1S/C14H21NO3S/c1-11-3-4-14(12(2)9-11)19(17,18)15-7-5-13(10-15)6-8-16/h3-4,9,13,16H,5-8,10H2,1-2H3. The lowest BCUT2D eigenvalue weighted by Gasteiger charge is -2.18. The van der Waals surface area contributed by atoms with Crippen LogP contribution in [0.1, 0.15) is 24.0 Å². The van der Waals surface area contributed by atoms with Gasteiger partial charge in [-0.15, -0.1) is 0 Å². The Morgan fingerprint density at radius 1 is 1.37 bits per heavy atom. The largest absolute Gasteiger partial charge is 0.396 e. The van der Waals surface area contributed by atoms with Gasteiger partial charge in [0.2, 0.25) is 10.0 Å². The summed E-state index contributed by atoms with van der Waals surface area (Å²) in [6.45, 7) is 5.00. The molecule has 1 unspecified atom stereocenters. The summed E-state index contributed by atoms with van der Waals surface area (Å²) in [4.78, 5) is 0.405. The van der Waals surface area contributed by atoms with Crippen LogP contribution in [0.3, 0.4) is 0 Å². The average molecular weight is 283 g/mol. The highest BCUT2D eigenvalue weighted by Gasteiger charge is 2.32. The zero-order valence-electron chi connectivity index (χ0n) is 11.5. The Morgan fingerprint density at radius 3 is 2.74 bits per heavy atom. The molecule has 1 atom stereocenters. The van der Waals surface area contributed by atoms with E-state index >= 15 is 0 Å². The van der Waals surface area contributed by atoms with E-state index in [2.05, 4.69) is 0 Å². The Morgan fingerprint density at radius 2 is 2.11 bits per heavy atom. The fourth-order valence-corrected chi connectivity index (χ4v) is 4.40. The first-order valence-corrected chi connectivity index (χ1v) is 8.07. The summed E-state index contributed by atoms with van der Waals surface area (Å²) in [7, 11) is -3.39. The van der Waals surface area contributed by atoms with Crippen molar-refractivity contribution in [2.75, 3.05) is 19.7 Å².